The van der Waals surface area contributed by atoms with Gasteiger partial charge in [0.15, 0.2) is 0 Å². The van der Waals surface area contributed by atoms with Crippen LogP contribution in [0.15, 0.2) is 18.2 Å². The zero-order valence-corrected chi connectivity index (χ0v) is 11.7. The molecule has 0 aliphatic carbocycles. The summed E-state index contributed by atoms with van der Waals surface area (Å²) in [5.74, 6) is -1.95. The summed E-state index contributed by atoms with van der Waals surface area (Å²) in [6.07, 6.45) is -3.29. The van der Waals surface area contributed by atoms with Gasteiger partial charge in [-0.3, -0.25) is 4.79 Å². The highest BCUT2D eigenvalue weighted by Crippen LogP contribution is 2.32. The molecule has 1 aliphatic heterocycles. The topological polar surface area (TPSA) is 50.4 Å². The first kappa shape index (κ1) is 16.7. The van der Waals surface area contributed by atoms with Gasteiger partial charge < -0.3 is 15.4 Å². The number of hydrogen-bond donors (Lipinski definition) is 2. The summed E-state index contributed by atoms with van der Waals surface area (Å²) in [5.41, 5.74) is -1.53. The molecule has 1 aliphatic rings. The lowest BCUT2D eigenvalue weighted by molar-refractivity contribution is -0.140. The van der Waals surface area contributed by atoms with E-state index in [4.69, 9.17) is 4.74 Å². The maximum atomic E-state index is 13.1. The number of anilines is 1. The van der Waals surface area contributed by atoms with Crippen molar-refractivity contribution in [1.82, 2.24) is 5.32 Å². The Labute approximate surface area is 124 Å². The van der Waals surface area contributed by atoms with Gasteiger partial charge in [0.05, 0.1) is 11.7 Å². The second kappa shape index (κ2) is 7.06. The fourth-order valence-corrected chi connectivity index (χ4v) is 2.17. The van der Waals surface area contributed by atoms with Crippen LogP contribution in [0.25, 0.3) is 0 Å². The third kappa shape index (κ3) is 4.67. The second-order valence-corrected chi connectivity index (χ2v) is 5.00. The molecule has 0 atom stereocenters. The molecule has 2 rings (SSSR count). The number of amides is 1. The highest BCUT2D eigenvalue weighted by Gasteiger charge is 2.34. The summed E-state index contributed by atoms with van der Waals surface area (Å²) >= 11 is 0. The Bertz CT molecular complexity index is 528. The highest BCUT2D eigenvalue weighted by atomic mass is 19.4. The van der Waals surface area contributed by atoms with Crippen LogP contribution in [-0.2, 0) is 15.7 Å². The van der Waals surface area contributed by atoms with Crippen molar-refractivity contribution in [3.8, 4) is 0 Å². The smallest absolute Gasteiger partial charge is 0.368 e. The summed E-state index contributed by atoms with van der Waals surface area (Å²) < 4.78 is 56.2. The zero-order chi connectivity index (χ0) is 16.2. The normalized spacial score (nSPS) is 16.5. The van der Waals surface area contributed by atoms with Gasteiger partial charge >= 0.3 is 6.18 Å². The third-order valence-corrected chi connectivity index (χ3v) is 3.29. The van der Waals surface area contributed by atoms with E-state index in [2.05, 4.69) is 10.6 Å². The van der Waals surface area contributed by atoms with Crippen LogP contribution in [0.1, 0.15) is 18.4 Å². The molecule has 2 N–H and O–H groups in total. The lowest BCUT2D eigenvalue weighted by Crippen LogP contribution is -2.34. The van der Waals surface area contributed by atoms with Gasteiger partial charge in [-0.25, -0.2) is 4.39 Å². The molecule has 0 unspecified atom stereocenters. The molecule has 0 spiro atoms. The fraction of sp³-hybridized carbons (Fsp3) is 0.500. The van der Waals surface area contributed by atoms with Gasteiger partial charge in [0.1, 0.15) is 12.4 Å². The van der Waals surface area contributed by atoms with Crippen molar-refractivity contribution in [3.05, 3.63) is 29.6 Å². The lowest BCUT2D eigenvalue weighted by Gasteiger charge is -2.22. The first-order chi connectivity index (χ1) is 10.4. The molecule has 0 saturated carbocycles. The number of nitrogens with one attached hydrogen (secondary N) is 2. The van der Waals surface area contributed by atoms with E-state index in [1.54, 1.807) is 0 Å². The van der Waals surface area contributed by atoms with Crippen molar-refractivity contribution in [1.29, 1.82) is 0 Å². The molecular formula is C14H16F4N2O2. The van der Waals surface area contributed by atoms with Gasteiger partial charge in [0.2, 0.25) is 5.91 Å². The number of carbonyl (C=O) groups is 1. The number of alkyl halides is 3. The van der Waals surface area contributed by atoms with Gasteiger partial charge in [-0.15, -0.1) is 0 Å². The van der Waals surface area contributed by atoms with Crippen molar-refractivity contribution >= 4 is 11.6 Å². The summed E-state index contributed by atoms with van der Waals surface area (Å²) in [4.78, 5) is 11.7. The highest BCUT2D eigenvalue weighted by molar-refractivity contribution is 5.91. The van der Waals surface area contributed by atoms with Crippen LogP contribution in [0.4, 0.5) is 23.2 Å². The van der Waals surface area contributed by atoms with Crippen LogP contribution in [0.3, 0.4) is 0 Å². The quantitative estimate of drug-likeness (QED) is 0.838. The average molecular weight is 320 g/mol. The standard InChI is InChI=1S/C14H16F4N2O2/c15-12-2-1-9(7-11(12)14(16,17)18)20-13(21)8-22-10-3-5-19-6-4-10/h1-2,7,10,19H,3-6,8H2,(H,20,21). The molecule has 122 valence electrons. The number of piperidine rings is 1. The first-order valence-corrected chi connectivity index (χ1v) is 6.85. The average Bonchev–Trinajstić information content (AvgIpc) is 2.47. The zero-order valence-electron chi connectivity index (χ0n) is 11.7. The number of ether oxygens (including phenoxy) is 1. The van der Waals surface area contributed by atoms with Crippen LogP contribution in [0, 0.1) is 5.82 Å². The van der Waals surface area contributed by atoms with E-state index in [1.165, 1.54) is 0 Å². The minimum atomic E-state index is -4.81. The molecular weight excluding hydrogens is 304 g/mol. The first-order valence-electron chi connectivity index (χ1n) is 6.85. The molecule has 1 fully saturated rings. The van der Waals surface area contributed by atoms with E-state index in [1.807, 2.05) is 0 Å². The van der Waals surface area contributed by atoms with Crippen molar-refractivity contribution in [2.75, 3.05) is 25.0 Å². The number of carbonyl (C=O) groups excluding carboxylic acids is 1. The van der Waals surface area contributed by atoms with Gasteiger partial charge in [-0.05, 0) is 44.1 Å². The predicted molar refractivity (Wildman–Crippen MR) is 71.9 cm³/mol. The van der Waals surface area contributed by atoms with Gasteiger partial charge in [0.25, 0.3) is 0 Å². The van der Waals surface area contributed by atoms with Crippen molar-refractivity contribution in [3.63, 3.8) is 0 Å². The van der Waals surface area contributed by atoms with E-state index in [9.17, 15) is 22.4 Å². The second-order valence-electron chi connectivity index (χ2n) is 5.00. The van der Waals surface area contributed by atoms with Gasteiger partial charge in [-0.1, -0.05) is 0 Å². The van der Waals surface area contributed by atoms with Crippen LogP contribution in [0.2, 0.25) is 0 Å². The molecule has 8 heteroatoms. The monoisotopic (exact) mass is 320 g/mol. The minimum Gasteiger partial charge on any atom is -0.368 e. The maximum absolute atomic E-state index is 13.1. The summed E-state index contributed by atoms with van der Waals surface area (Å²) in [7, 11) is 0. The summed E-state index contributed by atoms with van der Waals surface area (Å²) in [5, 5.41) is 5.42. The van der Waals surface area contributed by atoms with Crippen molar-refractivity contribution in [2.45, 2.75) is 25.1 Å². The Kier molecular flexibility index (Phi) is 5.36. The van der Waals surface area contributed by atoms with Crippen LogP contribution < -0.4 is 10.6 Å². The van der Waals surface area contributed by atoms with E-state index in [0.29, 0.717) is 12.1 Å². The summed E-state index contributed by atoms with van der Waals surface area (Å²) in [6, 6.07) is 2.32. The van der Waals surface area contributed by atoms with Crippen molar-refractivity contribution in [2.24, 2.45) is 0 Å². The SMILES string of the molecule is O=C(COC1CCNCC1)Nc1ccc(F)c(C(F)(F)F)c1. The molecule has 1 amide bonds. The van der Waals surface area contributed by atoms with Crippen molar-refractivity contribution < 1.29 is 27.1 Å². The Morgan fingerprint density at radius 3 is 2.64 bits per heavy atom. The lowest BCUT2D eigenvalue weighted by atomic mass is 10.1. The molecule has 0 bridgehead atoms. The fourth-order valence-electron chi connectivity index (χ4n) is 2.17. The minimum absolute atomic E-state index is 0.0362. The molecule has 4 nitrogen and oxygen atoms in total. The molecule has 1 heterocycles. The predicted octanol–water partition coefficient (Wildman–Crippen LogP) is 2.55. The number of hydrogen-bond acceptors (Lipinski definition) is 3. The van der Waals surface area contributed by atoms with Crippen LogP contribution in [-0.4, -0.2) is 31.7 Å². The number of halogens is 4. The Hall–Kier alpha value is -1.67. The van der Waals surface area contributed by atoms with E-state index in [-0.39, 0.29) is 18.4 Å². The molecule has 1 aromatic rings. The van der Waals surface area contributed by atoms with E-state index >= 15 is 0 Å². The molecule has 1 aromatic carbocycles. The van der Waals surface area contributed by atoms with Crippen LogP contribution in [0.5, 0.6) is 0 Å². The molecule has 1 saturated heterocycles. The number of benzene rings is 1. The maximum Gasteiger partial charge on any atom is 0.419 e. The molecule has 0 aromatic heterocycles. The van der Waals surface area contributed by atoms with Crippen LogP contribution >= 0.6 is 0 Å². The van der Waals surface area contributed by atoms with Gasteiger partial charge in [0, 0.05) is 5.69 Å². The van der Waals surface area contributed by atoms with E-state index < -0.39 is 23.5 Å². The Morgan fingerprint density at radius 1 is 1.32 bits per heavy atom. The largest absolute Gasteiger partial charge is 0.419 e. The third-order valence-electron chi connectivity index (χ3n) is 3.29. The number of rotatable bonds is 4. The van der Waals surface area contributed by atoms with E-state index in [0.717, 1.165) is 32.0 Å². The Morgan fingerprint density at radius 2 is 2.00 bits per heavy atom. The Balaban J connectivity index is 1.91. The summed E-state index contributed by atoms with van der Waals surface area (Å²) in [6.45, 7) is 1.36. The van der Waals surface area contributed by atoms with Gasteiger partial charge in [-0.2, -0.15) is 13.2 Å². The molecule has 22 heavy (non-hydrogen) atoms. The molecule has 0 radical (unpaired) electrons.